The monoisotopic (exact) mass is 319 g/mol. The standard InChI is InChI=1S/C17H20ClN2O2/c1-11-8-13(18)9-12(2)15(11)14-10-17(19-16(14)21)4-6-20(22-3)7-5-17/h8-9H,4-7H2,1-3H3,(H,19,21). The quantitative estimate of drug-likeness (QED) is 0.911. The number of halogens is 1. The van der Waals surface area contributed by atoms with Gasteiger partial charge in [-0.05, 0) is 61.6 Å². The zero-order valence-corrected chi connectivity index (χ0v) is 13.9. The van der Waals surface area contributed by atoms with E-state index in [0.29, 0.717) is 10.6 Å². The number of piperidine rings is 1. The summed E-state index contributed by atoms with van der Waals surface area (Å²) in [4.78, 5) is 17.8. The van der Waals surface area contributed by atoms with Crippen molar-refractivity contribution in [2.45, 2.75) is 32.2 Å². The molecule has 0 aliphatic carbocycles. The van der Waals surface area contributed by atoms with Gasteiger partial charge in [0.1, 0.15) is 0 Å². The third kappa shape index (κ3) is 2.67. The number of rotatable bonds is 2. The molecule has 2 heterocycles. The smallest absolute Gasteiger partial charge is 0.252 e. The minimum atomic E-state index is -0.361. The van der Waals surface area contributed by atoms with Gasteiger partial charge in [-0.3, -0.25) is 4.79 Å². The average molecular weight is 320 g/mol. The van der Waals surface area contributed by atoms with E-state index in [4.69, 9.17) is 16.4 Å². The van der Waals surface area contributed by atoms with Gasteiger partial charge in [0.05, 0.1) is 18.2 Å². The van der Waals surface area contributed by atoms with Crippen LogP contribution in [0, 0.1) is 19.9 Å². The number of nitrogens with one attached hydrogen (secondary N) is 1. The van der Waals surface area contributed by atoms with Gasteiger partial charge < -0.3 is 10.2 Å². The molecular formula is C17H20ClN2O2. The van der Waals surface area contributed by atoms with Gasteiger partial charge in [-0.2, -0.15) is 5.06 Å². The molecule has 1 spiro atoms. The van der Waals surface area contributed by atoms with Crippen LogP contribution in [0.3, 0.4) is 0 Å². The van der Waals surface area contributed by atoms with Crippen LogP contribution in [-0.2, 0) is 9.63 Å². The summed E-state index contributed by atoms with van der Waals surface area (Å²) in [5.41, 5.74) is 3.26. The molecule has 2 aliphatic rings. The van der Waals surface area contributed by atoms with Gasteiger partial charge in [0.25, 0.3) is 5.91 Å². The lowest BCUT2D eigenvalue weighted by Gasteiger charge is -2.36. The predicted molar refractivity (Wildman–Crippen MR) is 86.3 cm³/mol. The molecule has 4 nitrogen and oxygen atoms in total. The molecule has 0 saturated carbocycles. The molecule has 22 heavy (non-hydrogen) atoms. The number of carbonyl (C=O) groups excluding carboxylic acids is 1. The molecule has 0 bridgehead atoms. The zero-order valence-electron chi connectivity index (χ0n) is 13.1. The predicted octanol–water partition coefficient (Wildman–Crippen LogP) is 2.67. The third-order valence-corrected chi connectivity index (χ3v) is 4.74. The summed E-state index contributed by atoms with van der Waals surface area (Å²) in [7, 11) is 1.68. The van der Waals surface area contributed by atoms with Crippen LogP contribution in [0.4, 0.5) is 0 Å². The van der Waals surface area contributed by atoms with Crippen molar-refractivity contribution in [2.75, 3.05) is 20.2 Å². The van der Waals surface area contributed by atoms with E-state index in [9.17, 15) is 4.79 Å². The number of hydrogen-bond acceptors (Lipinski definition) is 3. The Morgan fingerprint density at radius 2 is 1.86 bits per heavy atom. The fourth-order valence-corrected chi connectivity index (χ4v) is 3.72. The molecule has 117 valence electrons. The van der Waals surface area contributed by atoms with Crippen molar-refractivity contribution in [3.63, 3.8) is 0 Å². The van der Waals surface area contributed by atoms with Crippen LogP contribution in [0.2, 0.25) is 5.02 Å². The van der Waals surface area contributed by atoms with Crippen molar-refractivity contribution in [3.8, 4) is 0 Å². The summed E-state index contributed by atoms with van der Waals surface area (Å²) in [6, 6.07) is 3.79. The van der Waals surface area contributed by atoms with Crippen LogP contribution in [0.25, 0.3) is 5.57 Å². The molecule has 5 heteroatoms. The van der Waals surface area contributed by atoms with Crippen molar-refractivity contribution in [2.24, 2.45) is 0 Å². The summed E-state index contributed by atoms with van der Waals surface area (Å²) in [5.74, 6) is -0.0422. The third-order valence-electron chi connectivity index (χ3n) is 4.53. The number of carbonyl (C=O) groups is 1. The van der Waals surface area contributed by atoms with E-state index in [0.717, 1.165) is 42.6 Å². The molecule has 1 N–H and O–H groups in total. The minimum Gasteiger partial charge on any atom is -0.342 e. The molecule has 3 rings (SSSR count). The molecule has 1 saturated heterocycles. The van der Waals surface area contributed by atoms with Crippen molar-refractivity contribution in [1.29, 1.82) is 0 Å². The van der Waals surface area contributed by atoms with E-state index < -0.39 is 0 Å². The maximum atomic E-state index is 12.5. The lowest BCUT2D eigenvalue weighted by Crippen LogP contribution is -2.51. The number of aryl methyl sites for hydroxylation is 2. The summed E-state index contributed by atoms with van der Waals surface area (Å²) in [5, 5.41) is 5.74. The Labute approximate surface area is 136 Å². The SMILES string of the molecule is CON1CCC2([C]=C(c3c(C)cc(Cl)cc3C)C(=O)N2)CC1. The second-order valence-electron chi connectivity index (χ2n) is 6.06. The van der Waals surface area contributed by atoms with Crippen molar-refractivity contribution >= 4 is 23.1 Å². The summed E-state index contributed by atoms with van der Waals surface area (Å²) >= 11 is 6.09. The molecule has 1 fully saturated rings. The number of hydroxylamine groups is 2. The molecule has 2 aliphatic heterocycles. The number of nitrogens with zero attached hydrogens (tertiary/aromatic N) is 1. The second-order valence-corrected chi connectivity index (χ2v) is 6.50. The first kappa shape index (κ1) is 15.5. The Bertz CT molecular complexity index is 623. The molecule has 1 aromatic carbocycles. The lowest BCUT2D eigenvalue weighted by molar-refractivity contribution is -0.150. The average Bonchev–Trinajstić information content (AvgIpc) is 2.75. The van der Waals surface area contributed by atoms with Gasteiger partial charge in [-0.15, -0.1) is 0 Å². The maximum Gasteiger partial charge on any atom is 0.252 e. The Kier molecular flexibility index (Phi) is 4.02. The van der Waals surface area contributed by atoms with E-state index >= 15 is 0 Å². The van der Waals surface area contributed by atoms with Crippen molar-refractivity contribution in [1.82, 2.24) is 10.4 Å². The van der Waals surface area contributed by atoms with E-state index in [-0.39, 0.29) is 11.4 Å². The highest BCUT2D eigenvalue weighted by Crippen LogP contribution is 2.35. The molecule has 0 aromatic heterocycles. The highest BCUT2D eigenvalue weighted by atomic mass is 35.5. The van der Waals surface area contributed by atoms with Gasteiger partial charge in [0, 0.05) is 18.1 Å². The highest BCUT2D eigenvalue weighted by molar-refractivity contribution is 6.31. The minimum absolute atomic E-state index is 0.0422. The fourth-order valence-electron chi connectivity index (χ4n) is 3.39. The van der Waals surface area contributed by atoms with Crippen LogP contribution in [0.1, 0.15) is 29.5 Å². The van der Waals surface area contributed by atoms with E-state index in [1.807, 2.05) is 31.0 Å². The van der Waals surface area contributed by atoms with Crippen LogP contribution in [0.5, 0.6) is 0 Å². The van der Waals surface area contributed by atoms with Gasteiger partial charge in [-0.25, -0.2) is 0 Å². The first-order valence-corrected chi connectivity index (χ1v) is 7.86. The molecule has 1 radical (unpaired) electrons. The highest BCUT2D eigenvalue weighted by Gasteiger charge is 2.41. The van der Waals surface area contributed by atoms with E-state index in [1.54, 1.807) is 7.11 Å². The summed E-state index contributed by atoms with van der Waals surface area (Å²) < 4.78 is 0. The van der Waals surface area contributed by atoms with Crippen LogP contribution in [0.15, 0.2) is 12.1 Å². The van der Waals surface area contributed by atoms with Gasteiger partial charge in [0.15, 0.2) is 0 Å². The molecule has 0 atom stereocenters. The Morgan fingerprint density at radius 3 is 2.41 bits per heavy atom. The van der Waals surface area contributed by atoms with Gasteiger partial charge in [0.2, 0.25) is 0 Å². The molecular weight excluding hydrogens is 300 g/mol. The van der Waals surface area contributed by atoms with Gasteiger partial charge >= 0.3 is 0 Å². The fraction of sp³-hybridized carbons (Fsp3) is 0.471. The van der Waals surface area contributed by atoms with Crippen molar-refractivity contribution in [3.05, 3.63) is 39.9 Å². The molecule has 0 unspecified atom stereocenters. The van der Waals surface area contributed by atoms with Crippen LogP contribution < -0.4 is 5.32 Å². The topological polar surface area (TPSA) is 41.6 Å². The zero-order chi connectivity index (χ0) is 15.9. The van der Waals surface area contributed by atoms with Gasteiger partial charge in [-0.1, -0.05) is 11.6 Å². The maximum absolute atomic E-state index is 12.5. The summed E-state index contributed by atoms with van der Waals surface area (Å²) in [6.07, 6.45) is 5.06. The van der Waals surface area contributed by atoms with E-state index in [1.165, 1.54) is 0 Å². The first-order chi connectivity index (χ1) is 10.4. The number of benzene rings is 1. The Hall–Kier alpha value is -1.36. The first-order valence-electron chi connectivity index (χ1n) is 7.48. The number of hydrogen-bond donors (Lipinski definition) is 1. The largest absolute Gasteiger partial charge is 0.342 e. The lowest BCUT2D eigenvalue weighted by atomic mass is 9.87. The van der Waals surface area contributed by atoms with E-state index in [2.05, 4.69) is 11.4 Å². The van der Waals surface area contributed by atoms with Crippen LogP contribution >= 0.6 is 11.6 Å². The van der Waals surface area contributed by atoms with Crippen LogP contribution in [-0.4, -0.2) is 36.7 Å². The summed E-state index contributed by atoms with van der Waals surface area (Å²) in [6.45, 7) is 5.54. The molecule has 1 aromatic rings. The second kappa shape index (κ2) is 5.69. The normalized spacial score (nSPS) is 21.1. The Morgan fingerprint density at radius 1 is 1.27 bits per heavy atom. The van der Waals surface area contributed by atoms with Crippen molar-refractivity contribution < 1.29 is 9.63 Å². The molecule has 1 amide bonds. The Balaban J connectivity index is 1.95. The number of amides is 1.